The summed E-state index contributed by atoms with van der Waals surface area (Å²) in [6, 6.07) is 4.38. The molecule has 2 nitrogen and oxygen atoms in total. The van der Waals surface area contributed by atoms with Crippen LogP contribution in [0.25, 0.3) is 10.8 Å². The second-order valence-corrected chi connectivity index (χ2v) is 3.93. The van der Waals surface area contributed by atoms with Gasteiger partial charge in [0.05, 0.1) is 5.39 Å². The molecule has 0 saturated carbocycles. The van der Waals surface area contributed by atoms with E-state index in [1.54, 1.807) is 19.3 Å². The minimum Gasteiger partial charge on any atom is -0.318 e. The molecule has 0 N–H and O–H groups in total. The largest absolute Gasteiger partial charge is 0.318 e. The minimum atomic E-state index is -0.410. The average molecular weight is 256 g/mol. The molecule has 0 bridgehead atoms. The van der Waals surface area contributed by atoms with Crippen LogP contribution in [0.3, 0.4) is 0 Å². The van der Waals surface area contributed by atoms with Crippen LogP contribution in [0.4, 0.5) is 4.39 Å². The third kappa shape index (κ3) is 1.35. The van der Waals surface area contributed by atoms with Crippen LogP contribution in [0.2, 0.25) is 0 Å². The highest BCUT2D eigenvalue weighted by Gasteiger charge is 2.05. The van der Waals surface area contributed by atoms with Gasteiger partial charge in [0.2, 0.25) is 0 Å². The standard InChI is InChI=1S/C10H7BrFNO/c1-13-3-2-7-8(10(13)14)4-6(12)5-9(7)11/h2-5H,1H3. The third-order valence-corrected chi connectivity index (χ3v) is 2.77. The van der Waals surface area contributed by atoms with E-state index in [4.69, 9.17) is 0 Å². The van der Waals surface area contributed by atoms with E-state index in [9.17, 15) is 9.18 Å². The molecule has 2 aromatic rings. The highest BCUT2D eigenvalue weighted by molar-refractivity contribution is 9.10. The number of pyridine rings is 1. The molecule has 0 atom stereocenters. The number of hydrogen-bond acceptors (Lipinski definition) is 1. The number of hydrogen-bond donors (Lipinski definition) is 0. The quantitative estimate of drug-likeness (QED) is 0.709. The Morgan fingerprint density at radius 2 is 2.07 bits per heavy atom. The summed E-state index contributed by atoms with van der Waals surface area (Å²) < 4.78 is 15.1. The fourth-order valence-electron chi connectivity index (χ4n) is 1.38. The van der Waals surface area contributed by atoms with E-state index in [0.29, 0.717) is 9.86 Å². The van der Waals surface area contributed by atoms with Crippen molar-refractivity contribution >= 4 is 26.7 Å². The lowest BCUT2D eigenvalue weighted by molar-refractivity contribution is 0.628. The van der Waals surface area contributed by atoms with Crippen molar-refractivity contribution in [2.24, 2.45) is 7.05 Å². The summed E-state index contributed by atoms with van der Waals surface area (Å²) in [6.45, 7) is 0. The predicted octanol–water partition coefficient (Wildman–Crippen LogP) is 2.44. The molecule has 4 heteroatoms. The van der Waals surface area contributed by atoms with Crippen LogP contribution < -0.4 is 5.56 Å². The van der Waals surface area contributed by atoms with E-state index in [-0.39, 0.29) is 5.56 Å². The Morgan fingerprint density at radius 3 is 2.79 bits per heavy atom. The van der Waals surface area contributed by atoms with Crippen LogP contribution in [0, 0.1) is 5.82 Å². The van der Waals surface area contributed by atoms with Crippen molar-refractivity contribution in [3.05, 3.63) is 45.0 Å². The molecule has 1 heterocycles. The van der Waals surface area contributed by atoms with Gasteiger partial charge < -0.3 is 4.57 Å². The normalized spacial score (nSPS) is 10.8. The van der Waals surface area contributed by atoms with Crippen molar-refractivity contribution in [3.63, 3.8) is 0 Å². The minimum absolute atomic E-state index is 0.192. The summed E-state index contributed by atoms with van der Waals surface area (Å²) in [5, 5.41) is 1.12. The predicted molar refractivity (Wildman–Crippen MR) is 56.8 cm³/mol. The van der Waals surface area contributed by atoms with Gasteiger partial charge in [-0.15, -0.1) is 0 Å². The van der Waals surface area contributed by atoms with E-state index in [1.165, 1.54) is 16.7 Å². The summed E-state index contributed by atoms with van der Waals surface area (Å²) in [7, 11) is 1.64. The Hall–Kier alpha value is -1.16. The molecule has 0 saturated heterocycles. The van der Waals surface area contributed by atoms with Crippen LogP contribution in [0.15, 0.2) is 33.7 Å². The molecule has 72 valence electrons. The lowest BCUT2D eigenvalue weighted by Gasteiger charge is -2.02. The van der Waals surface area contributed by atoms with Crippen LogP contribution in [-0.4, -0.2) is 4.57 Å². The Bertz CT molecular complexity index is 562. The first-order chi connectivity index (χ1) is 6.59. The maximum absolute atomic E-state index is 13.0. The Morgan fingerprint density at radius 1 is 1.36 bits per heavy atom. The Labute approximate surface area is 88.1 Å². The van der Waals surface area contributed by atoms with Crippen molar-refractivity contribution in [1.29, 1.82) is 0 Å². The van der Waals surface area contributed by atoms with Crippen LogP contribution in [-0.2, 0) is 7.05 Å². The zero-order chi connectivity index (χ0) is 10.3. The maximum Gasteiger partial charge on any atom is 0.258 e. The molecule has 0 aliphatic carbocycles. The van der Waals surface area contributed by atoms with Crippen molar-refractivity contribution in [2.45, 2.75) is 0 Å². The molecule has 0 unspecified atom stereocenters. The van der Waals surface area contributed by atoms with Gasteiger partial charge in [-0.2, -0.15) is 0 Å². The van der Waals surface area contributed by atoms with Gasteiger partial charge in [-0.1, -0.05) is 15.9 Å². The molecule has 1 aromatic heterocycles. The molecule has 1 aromatic carbocycles. The summed E-state index contributed by atoms with van der Waals surface area (Å²) in [6.07, 6.45) is 1.66. The van der Waals surface area contributed by atoms with Crippen molar-refractivity contribution < 1.29 is 4.39 Å². The van der Waals surface area contributed by atoms with Gasteiger partial charge in [0.25, 0.3) is 5.56 Å². The van der Waals surface area contributed by atoms with E-state index < -0.39 is 5.82 Å². The van der Waals surface area contributed by atoms with Gasteiger partial charge in [0, 0.05) is 23.1 Å². The first kappa shape index (κ1) is 9.40. The highest BCUT2D eigenvalue weighted by atomic mass is 79.9. The van der Waals surface area contributed by atoms with Crippen LogP contribution in [0.1, 0.15) is 0 Å². The van der Waals surface area contributed by atoms with Crippen molar-refractivity contribution in [2.75, 3.05) is 0 Å². The first-order valence-electron chi connectivity index (χ1n) is 4.04. The smallest absolute Gasteiger partial charge is 0.258 e. The van der Waals surface area contributed by atoms with Gasteiger partial charge in [-0.3, -0.25) is 4.79 Å². The van der Waals surface area contributed by atoms with Crippen LogP contribution in [0.5, 0.6) is 0 Å². The number of aromatic nitrogens is 1. The van der Waals surface area contributed by atoms with Crippen molar-refractivity contribution in [1.82, 2.24) is 4.57 Å². The number of rotatable bonds is 0. The van der Waals surface area contributed by atoms with E-state index in [2.05, 4.69) is 15.9 Å². The van der Waals surface area contributed by atoms with Gasteiger partial charge in [0.1, 0.15) is 5.82 Å². The monoisotopic (exact) mass is 255 g/mol. The number of benzene rings is 1. The molecule has 0 fully saturated rings. The summed E-state index contributed by atoms with van der Waals surface area (Å²) >= 11 is 3.22. The molecule has 0 aliphatic heterocycles. The Balaban J connectivity index is 3.03. The SMILES string of the molecule is Cn1ccc2c(Br)cc(F)cc2c1=O. The molecule has 2 rings (SSSR count). The van der Waals surface area contributed by atoms with Crippen molar-refractivity contribution in [3.8, 4) is 0 Å². The lowest BCUT2D eigenvalue weighted by atomic mass is 10.2. The Kier molecular flexibility index (Phi) is 2.15. The van der Waals surface area contributed by atoms with Gasteiger partial charge in [-0.25, -0.2) is 4.39 Å². The van der Waals surface area contributed by atoms with Gasteiger partial charge >= 0.3 is 0 Å². The molecular formula is C10H7BrFNO. The number of fused-ring (bicyclic) bond motifs is 1. The second kappa shape index (κ2) is 3.20. The lowest BCUT2D eigenvalue weighted by Crippen LogP contribution is -2.15. The van der Waals surface area contributed by atoms with Gasteiger partial charge in [-0.05, 0) is 18.2 Å². The highest BCUT2D eigenvalue weighted by Crippen LogP contribution is 2.22. The molecule has 0 spiro atoms. The average Bonchev–Trinajstić information content (AvgIpc) is 2.12. The fraction of sp³-hybridized carbons (Fsp3) is 0.100. The maximum atomic E-state index is 13.0. The molecule has 14 heavy (non-hydrogen) atoms. The second-order valence-electron chi connectivity index (χ2n) is 3.08. The van der Waals surface area contributed by atoms with Gasteiger partial charge in [0.15, 0.2) is 0 Å². The summed E-state index contributed by atoms with van der Waals surface area (Å²) in [5.74, 6) is -0.410. The molecule has 0 amide bonds. The van der Waals surface area contributed by atoms with E-state index in [0.717, 1.165) is 5.39 Å². The summed E-state index contributed by atoms with van der Waals surface area (Å²) in [4.78, 5) is 11.6. The van der Waals surface area contributed by atoms with E-state index >= 15 is 0 Å². The number of nitrogens with zero attached hydrogens (tertiary/aromatic N) is 1. The third-order valence-electron chi connectivity index (χ3n) is 2.11. The number of halogens is 2. The number of aryl methyl sites for hydroxylation is 1. The topological polar surface area (TPSA) is 22.0 Å². The molecular weight excluding hydrogens is 249 g/mol. The van der Waals surface area contributed by atoms with Crippen LogP contribution >= 0.6 is 15.9 Å². The zero-order valence-electron chi connectivity index (χ0n) is 7.42. The zero-order valence-corrected chi connectivity index (χ0v) is 9.01. The molecule has 0 aliphatic rings. The molecule has 0 radical (unpaired) electrons. The fourth-order valence-corrected chi connectivity index (χ4v) is 1.94. The summed E-state index contributed by atoms with van der Waals surface area (Å²) in [5.41, 5.74) is -0.192. The van der Waals surface area contributed by atoms with E-state index in [1.807, 2.05) is 0 Å². The first-order valence-corrected chi connectivity index (χ1v) is 4.83.